The number of benzene rings is 1. The Bertz CT molecular complexity index is 455. The second-order valence-corrected chi connectivity index (χ2v) is 3.80. The fraction of sp³-hybridized carbons (Fsp3) is 0.154. The molecular weight excluding hydrogens is 186 g/mol. The largest absolute Gasteiger partial charge is 0.383 e. The minimum Gasteiger partial charge on any atom is -0.383 e. The quantitative estimate of drug-likeness (QED) is 0.728. The first-order chi connectivity index (χ1) is 7.18. The Labute approximate surface area is 89.5 Å². The highest BCUT2D eigenvalue weighted by Crippen LogP contribution is 2.25. The number of Topliss-reactive ketones (excluding diaryl/α,β-unsaturated/α-hetero) is 1. The lowest BCUT2D eigenvalue weighted by molar-refractivity contribution is 0.104. The van der Waals surface area contributed by atoms with E-state index in [2.05, 4.69) is 0 Å². The van der Waals surface area contributed by atoms with Gasteiger partial charge in [0.05, 0.1) is 0 Å². The van der Waals surface area contributed by atoms with Crippen LogP contribution in [0.4, 0.5) is 0 Å². The number of hydrogen-bond acceptors (Lipinski definition) is 2. The monoisotopic (exact) mass is 199 g/mol. The molecule has 0 N–H and O–H groups in total. The van der Waals surface area contributed by atoms with Gasteiger partial charge in [0.2, 0.25) is 0 Å². The van der Waals surface area contributed by atoms with Crippen LogP contribution in [-0.4, -0.2) is 24.8 Å². The molecule has 2 heteroatoms. The Kier molecular flexibility index (Phi) is 2.42. The highest BCUT2D eigenvalue weighted by Gasteiger charge is 2.19. The summed E-state index contributed by atoms with van der Waals surface area (Å²) >= 11 is 0. The van der Waals surface area contributed by atoms with Gasteiger partial charge in [0.1, 0.15) is 0 Å². The maximum atomic E-state index is 11.9. The molecule has 0 aliphatic heterocycles. The van der Waals surface area contributed by atoms with Crippen LogP contribution in [0.3, 0.4) is 0 Å². The SMILES string of the molecule is CN(C)/C=C/C1=Cc2ccccc2C1=O. The predicted molar refractivity (Wildman–Crippen MR) is 61.6 cm³/mol. The van der Waals surface area contributed by atoms with Crippen molar-refractivity contribution in [2.24, 2.45) is 0 Å². The number of fused-ring (bicyclic) bond motifs is 1. The lowest BCUT2D eigenvalue weighted by Gasteiger charge is -2.02. The van der Waals surface area contributed by atoms with Crippen LogP contribution in [0.25, 0.3) is 6.08 Å². The summed E-state index contributed by atoms with van der Waals surface area (Å²) in [6.07, 6.45) is 5.66. The third-order valence-corrected chi connectivity index (χ3v) is 2.33. The molecule has 0 atom stereocenters. The Hall–Kier alpha value is -1.83. The number of nitrogens with zero attached hydrogens (tertiary/aromatic N) is 1. The van der Waals surface area contributed by atoms with Gasteiger partial charge in [-0.15, -0.1) is 0 Å². The molecule has 15 heavy (non-hydrogen) atoms. The summed E-state index contributed by atoms with van der Waals surface area (Å²) in [4.78, 5) is 13.8. The molecule has 0 radical (unpaired) electrons. The summed E-state index contributed by atoms with van der Waals surface area (Å²) in [6.45, 7) is 0. The van der Waals surface area contributed by atoms with E-state index >= 15 is 0 Å². The zero-order chi connectivity index (χ0) is 10.8. The fourth-order valence-corrected chi connectivity index (χ4v) is 1.57. The van der Waals surface area contributed by atoms with Gasteiger partial charge in [-0.3, -0.25) is 4.79 Å². The van der Waals surface area contributed by atoms with Crippen molar-refractivity contribution in [3.8, 4) is 0 Å². The number of hydrogen-bond donors (Lipinski definition) is 0. The average molecular weight is 199 g/mol. The van der Waals surface area contributed by atoms with Gasteiger partial charge in [0, 0.05) is 25.2 Å². The maximum Gasteiger partial charge on any atom is 0.193 e. The highest BCUT2D eigenvalue weighted by molar-refractivity contribution is 6.19. The fourth-order valence-electron chi connectivity index (χ4n) is 1.57. The van der Waals surface area contributed by atoms with Crippen LogP contribution in [0.2, 0.25) is 0 Å². The van der Waals surface area contributed by atoms with Gasteiger partial charge in [0.15, 0.2) is 5.78 Å². The lowest BCUT2D eigenvalue weighted by Crippen LogP contribution is -2.02. The Morgan fingerprint density at radius 1 is 1.20 bits per heavy atom. The van der Waals surface area contributed by atoms with E-state index in [0.717, 1.165) is 16.7 Å². The topological polar surface area (TPSA) is 20.3 Å². The van der Waals surface area contributed by atoms with E-state index in [1.807, 2.05) is 61.6 Å². The van der Waals surface area contributed by atoms with E-state index in [0.29, 0.717) is 0 Å². The molecule has 1 aliphatic carbocycles. The number of carbonyl (C=O) groups excluding carboxylic acids is 1. The van der Waals surface area contributed by atoms with E-state index in [-0.39, 0.29) is 5.78 Å². The Morgan fingerprint density at radius 2 is 1.93 bits per heavy atom. The Morgan fingerprint density at radius 3 is 2.60 bits per heavy atom. The molecule has 0 saturated heterocycles. The van der Waals surface area contributed by atoms with Crippen molar-refractivity contribution in [2.75, 3.05) is 14.1 Å². The van der Waals surface area contributed by atoms with Crippen molar-refractivity contribution in [3.63, 3.8) is 0 Å². The normalized spacial score (nSPS) is 14.3. The smallest absolute Gasteiger partial charge is 0.193 e. The number of ketones is 1. The van der Waals surface area contributed by atoms with Crippen molar-refractivity contribution in [3.05, 3.63) is 53.2 Å². The summed E-state index contributed by atoms with van der Waals surface area (Å²) in [5.74, 6) is 0.115. The van der Waals surface area contributed by atoms with Crippen molar-refractivity contribution in [1.82, 2.24) is 4.90 Å². The first kappa shape index (κ1) is 9.71. The van der Waals surface area contributed by atoms with E-state index in [1.54, 1.807) is 0 Å². The van der Waals surface area contributed by atoms with Gasteiger partial charge in [-0.05, 0) is 23.9 Å². The molecule has 0 bridgehead atoms. The first-order valence-corrected chi connectivity index (χ1v) is 4.88. The average Bonchev–Trinajstić information content (AvgIpc) is 2.54. The van der Waals surface area contributed by atoms with Gasteiger partial charge in [-0.2, -0.15) is 0 Å². The molecule has 1 aromatic carbocycles. The molecule has 2 nitrogen and oxygen atoms in total. The van der Waals surface area contributed by atoms with Crippen LogP contribution in [0.5, 0.6) is 0 Å². The third kappa shape index (κ3) is 1.84. The summed E-state index contributed by atoms with van der Waals surface area (Å²) in [7, 11) is 3.87. The summed E-state index contributed by atoms with van der Waals surface area (Å²) < 4.78 is 0. The molecule has 0 spiro atoms. The zero-order valence-corrected chi connectivity index (χ0v) is 8.90. The zero-order valence-electron chi connectivity index (χ0n) is 8.90. The molecule has 1 aromatic rings. The highest BCUT2D eigenvalue weighted by atomic mass is 16.1. The summed E-state index contributed by atoms with van der Waals surface area (Å²) in [6, 6.07) is 7.67. The van der Waals surface area contributed by atoms with Crippen molar-refractivity contribution in [2.45, 2.75) is 0 Å². The number of rotatable bonds is 2. The van der Waals surface area contributed by atoms with Crippen LogP contribution >= 0.6 is 0 Å². The van der Waals surface area contributed by atoms with Gasteiger partial charge in [0.25, 0.3) is 0 Å². The van der Waals surface area contributed by atoms with E-state index < -0.39 is 0 Å². The summed E-state index contributed by atoms with van der Waals surface area (Å²) in [5.41, 5.74) is 2.57. The third-order valence-electron chi connectivity index (χ3n) is 2.33. The van der Waals surface area contributed by atoms with Crippen molar-refractivity contribution >= 4 is 11.9 Å². The minimum atomic E-state index is 0.115. The van der Waals surface area contributed by atoms with Crippen LogP contribution in [0, 0.1) is 0 Å². The molecular formula is C13H13NO. The van der Waals surface area contributed by atoms with E-state index in [1.165, 1.54) is 0 Å². The molecule has 0 unspecified atom stereocenters. The van der Waals surface area contributed by atoms with Crippen LogP contribution in [0.15, 0.2) is 42.1 Å². The lowest BCUT2D eigenvalue weighted by atomic mass is 10.1. The van der Waals surface area contributed by atoms with E-state index in [9.17, 15) is 4.79 Å². The molecule has 0 heterocycles. The summed E-state index contributed by atoms with van der Waals surface area (Å²) in [5, 5.41) is 0. The predicted octanol–water partition coefficient (Wildman–Crippen LogP) is 2.34. The standard InChI is InChI=1S/C13H13NO/c1-14(2)8-7-11-9-10-5-3-4-6-12(10)13(11)15/h3-9H,1-2H3/b8-7+. The van der Waals surface area contributed by atoms with E-state index in [4.69, 9.17) is 0 Å². The molecule has 0 amide bonds. The van der Waals surface area contributed by atoms with Gasteiger partial charge in [-0.1, -0.05) is 24.3 Å². The van der Waals surface area contributed by atoms with Gasteiger partial charge < -0.3 is 4.90 Å². The van der Waals surface area contributed by atoms with Gasteiger partial charge >= 0.3 is 0 Å². The molecule has 2 rings (SSSR count). The molecule has 0 fully saturated rings. The number of allylic oxidation sites excluding steroid dienone is 2. The molecule has 0 saturated carbocycles. The molecule has 1 aliphatic rings. The van der Waals surface area contributed by atoms with Crippen LogP contribution < -0.4 is 0 Å². The van der Waals surface area contributed by atoms with Gasteiger partial charge in [-0.25, -0.2) is 0 Å². The number of carbonyl (C=O) groups is 1. The minimum absolute atomic E-state index is 0.115. The van der Waals surface area contributed by atoms with Crippen molar-refractivity contribution in [1.29, 1.82) is 0 Å². The molecule has 76 valence electrons. The first-order valence-electron chi connectivity index (χ1n) is 4.88. The Balaban J connectivity index is 2.31. The second-order valence-electron chi connectivity index (χ2n) is 3.80. The van der Waals surface area contributed by atoms with Crippen LogP contribution in [-0.2, 0) is 0 Å². The molecule has 0 aromatic heterocycles. The van der Waals surface area contributed by atoms with Crippen LogP contribution in [0.1, 0.15) is 15.9 Å². The maximum absolute atomic E-state index is 11.9. The second kappa shape index (κ2) is 3.73. The van der Waals surface area contributed by atoms with Crippen molar-refractivity contribution < 1.29 is 4.79 Å².